The van der Waals surface area contributed by atoms with E-state index in [1.807, 2.05) is 19.1 Å². The lowest BCUT2D eigenvalue weighted by Crippen LogP contribution is -2.37. The van der Waals surface area contributed by atoms with Gasteiger partial charge in [0.2, 0.25) is 0 Å². The van der Waals surface area contributed by atoms with E-state index in [9.17, 15) is 0 Å². The van der Waals surface area contributed by atoms with Crippen LogP contribution in [0, 0.1) is 6.92 Å². The molecule has 0 amide bonds. The first-order valence-electron chi connectivity index (χ1n) is 8.56. The predicted molar refractivity (Wildman–Crippen MR) is 99.1 cm³/mol. The Labute approximate surface area is 147 Å². The van der Waals surface area contributed by atoms with Gasteiger partial charge in [0.25, 0.3) is 0 Å². The Hall–Kier alpha value is -2.45. The van der Waals surface area contributed by atoms with Crippen molar-refractivity contribution in [3.8, 4) is 0 Å². The van der Waals surface area contributed by atoms with Crippen LogP contribution in [-0.4, -0.2) is 59.2 Å². The largest absolute Gasteiger partial charge is 0.393 e. The monoisotopic (exact) mass is 343 g/mol. The van der Waals surface area contributed by atoms with Crippen molar-refractivity contribution >= 4 is 23.1 Å². The molecule has 8 nitrogen and oxygen atoms in total. The summed E-state index contributed by atoms with van der Waals surface area (Å²) < 4.78 is 5.36. The molecule has 2 aromatic rings. The third kappa shape index (κ3) is 5.01. The molecule has 134 valence electrons. The molecule has 8 heteroatoms. The average Bonchev–Trinajstić information content (AvgIpc) is 2.62. The molecule has 0 unspecified atom stereocenters. The lowest BCUT2D eigenvalue weighted by Gasteiger charge is -2.26. The molecule has 4 N–H and O–H groups in total. The van der Waals surface area contributed by atoms with Crippen LogP contribution >= 0.6 is 0 Å². The van der Waals surface area contributed by atoms with Crippen molar-refractivity contribution in [2.45, 2.75) is 13.3 Å². The van der Waals surface area contributed by atoms with Gasteiger partial charge in [-0.3, -0.25) is 4.90 Å². The van der Waals surface area contributed by atoms with E-state index in [0.29, 0.717) is 23.1 Å². The maximum Gasteiger partial charge on any atom is 0.160 e. The lowest BCUT2D eigenvalue weighted by atomic mass is 10.3. The average molecular weight is 343 g/mol. The first-order chi connectivity index (χ1) is 12.2. The highest BCUT2D eigenvalue weighted by Gasteiger charge is 2.11. The number of nitrogens with two attached hydrogens (primary N) is 1. The summed E-state index contributed by atoms with van der Waals surface area (Å²) in [6.07, 6.45) is 4.27. The maximum absolute atomic E-state index is 6.19. The van der Waals surface area contributed by atoms with Gasteiger partial charge in [-0.1, -0.05) is 0 Å². The zero-order chi connectivity index (χ0) is 17.5. The first kappa shape index (κ1) is 17.4. The van der Waals surface area contributed by atoms with E-state index >= 15 is 0 Å². The molecule has 0 saturated carbocycles. The minimum atomic E-state index is 0.497. The fourth-order valence-electron chi connectivity index (χ4n) is 2.70. The highest BCUT2D eigenvalue weighted by Crippen LogP contribution is 2.25. The maximum atomic E-state index is 6.19. The van der Waals surface area contributed by atoms with Crippen LogP contribution in [0.25, 0.3) is 0 Å². The van der Waals surface area contributed by atoms with E-state index in [0.717, 1.165) is 51.4 Å². The number of hydrogen-bond donors (Lipinski definition) is 3. The SMILES string of the molecule is Cc1ccnc(Nc2ncnc(NCCCN3CCOCC3)c2N)c1. The van der Waals surface area contributed by atoms with Gasteiger partial charge in [-0.15, -0.1) is 0 Å². The van der Waals surface area contributed by atoms with Crippen molar-refractivity contribution < 1.29 is 4.74 Å². The topological polar surface area (TPSA) is 101 Å². The summed E-state index contributed by atoms with van der Waals surface area (Å²) in [5, 5.41) is 6.44. The molecule has 3 rings (SSSR count). The number of nitrogens with one attached hydrogen (secondary N) is 2. The summed E-state index contributed by atoms with van der Waals surface area (Å²) in [5.41, 5.74) is 7.80. The summed E-state index contributed by atoms with van der Waals surface area (Å²) in [4.78, 5) is 15.1. The number of nitrogen functional groups attached to an aromatic ring is 1. The molecule has 0 atom stereocenters. The van der Waals surface area contributed by atoms with Crippen molar-refractivity contribution in [1.29, 1.82) is 0 Å². The summed E-state index contributed by atoms with van der Waals surface area (Å²) in [7, 11) is 0. The van der Waals surface area contributed by atoms with Gasteiger partial charge >= 0.3 is 0 Å². The molecule has 3 heterocycles. The number of aromatic nitrogens is 3. The molecular formula is C17H25N7O. The van der Waals surface area contributed by atoms with E-state index < -0.39 is 0 Å². The van der Waals surface area contributed by atoms with E-state index in [4.69, 9.17) is 10.5 Å². The molecule has 1 aliphatic rings. The fourth-order valence-corrected chi connectivity index (χ4v) is 2.70. The molecular weight excluding hydrogens is 318 g/mol. The van der Waals surface area contributed by atoms with E-state index in [1.54, 1.807) is 6.20 Å². The predicted octanol–water partition coefficient (Wildman–Crippen LogP) is 1.64. The summed E-state index contributed by atoms with van der Waals surface area (Å²) in [6.45, 7) is 7.53. The van der Waals surface area contributed by atoms with Gasteiger partial charge in [-0.05, 0) is 37.6 Å². The second-order valence-corrected chi connectivity index (χ2v) is 6.06. The molecule has 0 bridgehead atoms. The summed E-state index contributed by atoms with van der Waals surface area (Å²) in [6, 6.07) is 3.88. The van der Waals surface area contributed by atoms with Crippen LogP contribution < -0.4 is 16.4 Å². The third-order valence-electron chi connectivity index (χ3n) is 4.09. The number of hydrogen-bond acceptors (Lipinski definition) is 8. The number of aryl methyl sites for hydroxylation is 1. The minimum Gasteiger partial charge on any atom is -0.393 e. The Bertz CT molecular complexity index is 688. The molecule has 0 aliphatic carbocycles. The Morgan fingerprint density at radius 3 is 2.80 bits per heavy atom. The molecule has 1 aliphatic heterocycles. The smallest absolute Gasteiger partial charge is 0.160 e. The van der Waals surface area contributed by atoms with Gasteiger partial charge in [-0.2, -0.15) is 0 Å². The van der Waals surface area contributed by atoms with Gasteiger partial charge in [-0.25, -0.2) is 15.0 Å². The van der Waals surface area contributed by atoms with Crippen LogP contribution in [0.5, 0.6) is 0 Å². The Morgan fingerprint density at radius 2 is 2.00 bits per heavy atom. The number of morpholine rings is 1. The van der Waals surface area contributed by atoms with Crippen molar-refractivity contribution in [3.63, 3.8) is 0 Å². The molecule has 2 aromatic heterocycles. The van der Waals surface area contributed by atoms with Crippen LogP contribution in [-0.2, 0) is 4.74 Å². The first-order valence-corrected chi connectivity index (χ1v) is 8.56. The minimum absolute atomic E-state index is 0.497. The summed E-state index contributed by atoms with van der Waals surface area (Å²) >= 11 is 0. The van der Waals surface area contributed by atoms with Gasteiger partial charge in [0.05, 0.1) is 13.2 Å². The molecule has 0 aromatic carbocycles. The number of pyridine rings is 1. The van der Waals surface area contributed by atoms with Crippen LogP contribution in [0.2, 0.25) is 0 Å². The Kier molecular flexibility index (Phi) is 5.97. The van der Waals surface area contributed by atoms with Crippen LogP contribution in [0.1, 0.15) is 12.0 Å². The number of nitrogens with zero attached hydrogens (tertiary/aromatic N) is 4. The molecule has 0 radical (unpaired) electrons. The third-order valence-corrected chi connectivity index (χ3v) is 4.09. The van der Waals surface area contributed by atoms with Gasteiger partial charge in [0.1, 0.15) is 17.8 Å². The zero-order valence-corrected chi connectivity index (χ0v) is 14.5. The van der Waals surface area contributed by atoms with E-state index in [2.05, 4.69) is 30.5 Å². The molecule has 25 heavy (non-hydrogen) atoms. The van der Waals surface area contributed by atoms with Gasteiger partial charge in [0, 0.05) is 25.8 Å². The van der Waals surface area contributed by atoms with Crippen molar-refractivity contribution in [3.05, 3.63) is 30.2 Å². The van der Waals surface area contributed by atoms with Gasteiger partial charge in [0.15, 0.2) is 11.6 Å². The lowest BCUT2D eigenvalue weighted by molar-refractivity contribution is 0.0378. The van der Waals surface area contributed by atoms with Crippen molar-refractivity contribution in [1.82, 2.24) is 19.9 Å². The quantitative estimate of drug-likeness (QED) is 0.652. The highest BCUT2D eigenvalue weighted by atomic mass is 16.5. The molecule has 0 spiro atoms. The van der Waals surface area contributed by atoms with E-state index in [-0.39, 0.29) is 0 Å². The number of ether oxygens (including phenoxy) is 1. The summed E-state index contributed by atoms with van der Waals surface area (Å²) in [5.74, 6) is 1.92. The molecule has 1 saturated heterocycles. The second kappa shape index (κ2) is 8.59. The van der Waals surface area contributed by atoms with Crippen LogP contribution in [0.4, 0.5) is 23.1 Å². The molecule has 1 fully saturated rings. The normalized spacial score (nSPS) is 15.1. The van der Waals surface area contributed by atoms with Crippen LogP contribution in [0.3, 0.4) is 0 Å². The van der Waals surface area contributed by atoms with Crippen molar-refractivity contribution in [2.24, 2.45) is 0 Å². The number of anilines is 4. The van der Waals surface area contributed by atoms with Crippen molar-refractivity contribution in [2.75, 3.05) is 55.8 Å². The van der Waals surface area contributed by atoms with E-state index in [1.165, 1.54) is 6.33 Å². The Balaban J connectivity index is 1.53. The fraction of sp³-hybridized carbons (Fsp3) is 0.471. The Morgan fingerprint density at radius 1 is 1.20 bits per heavy atom. The van der Waals surface area contributed by atoms with Crippen LogP contribution in [0.15, 0.2) is 24.7 Å². The highest BCUT2D eigenvalue weighted by molar-refractivity contribution is 5.76. The standard InChI is InChI=1S/C17H25N7O/c1-13-3-5-19-14(11-13)23-17-15(18)16(21-12-22-17)20-4-2-6-24-7-9-25-10-8-24/h3,5,11-12H,2,4,6-10,18H2,1H3,(H2,19,20,21,22,23). The zero-order valence-electron chi connectivity index (χ0n) is 14.5. The number of rotatable bonds is 7. The van der Waals surface area contributed by atoms with Gasteiger partial charge < -0.3 is 21.1 Å². The second-order valence-electron chi connectivity index (χ2n) is 6.06.